The maximum atomic E-state index is 14.2. The van der Waals surface area contributed by atoms with E-state index in [2.05, 4.69) is 77.3 Å². The standard InChI is InChI=1S/C45H71N3O7/c1-28(2)37-31(49)22-45(34(50)25-48(21-20-47(10)11)24-29-26-54-27-46-29)19-18-43(8)30(38(37)45)12-13-33-42(7)16-15-35(55-36(51)23-40(3,4)39(52)53)41(5,6)32(42)14-17-44(33,43)9/h26-28,30,32-35,50H,12-25H2,1-11H3,(H,52,53)/t30-,32+,33-,34+,35-,42+,43-,44-,45+/m1/s1. The quantitative estimate of drug-likeness (QED) is 0.192. The number of aromatic nitrogens is 1. The number of carboxylic acid groups (broad SMARTS) is 1. The Hall–Kier alpha value is -2.56. The molecule has 4 saturated carbocycles. The predicted octanol–water partition coefficient (Wildman–Crippen LogP) is 7.79. The summed E-state index contributed by atoms with van der Waals surface area (Å²) in [5.41, 5.74) is 1.18. The highest BCUT2D eigenvalue weighted by atomic mass is 16.5. The molecule has 10 nitrogen and oxygen atoms in total. The number of hydrogen-bond acceptors (Lipinski definition) is 9. The van der Waals surface area contributed by atoms with Crippen molar-refractivity contribution >= 4 is 17.7 Å². The van der Waals surface area contributed by atoms with Crippen LogP contribution < -0.4 is 0 Å². The first kappa shape index (κ1) is 42.1. The predicted molar refractivity (Wildman–Crippen MR) is 212 cm³/mol. The van der Waals surface area contributed by atoms with Crippen molar-refractivity contribution < 1.29 is 33.8 Å². The number of esters is 1. The number of fused-ring (bicyclic) bond motifs is 7. The van der Waals surface area contributed by atoms with Gasteiger partial charge in [0.15, 0.2) is 12.2 Å². The Morgan fingerprint density at radius 3 is 2.31 bits per heavy atom. The van der Waals surface area contributed by atoms with Crippen molar-refractivity contribution in [2.24, 2.45) is 56.2 Å². The summed E-state index contributed by atoms with van der Waals surface area (Å²) in [6.45, 7) is 22.3. The van der Waals surface area contributed by atoms with Crippen LogP contribution in [-0.4, -0.2) is 88.7 Å². The molecule has 4 fully saturated rings. The minimum Gasteiger partial charge on any atom is -0.481 e. The molecule has 1 aromatic heterocycles. The van der Waals surface area contributed by atoms with E-state index in [1.807, 2.05) is 0 Å². The molecule has 10 heteroatoms. The number of oxazole rings is 1. The van der Waals surface area contributed by atoms with E-state index in [-0.39, 0.29) is 51.8 Å². The first-order chi connectivity index (χ1) is 25.5. The van der Waals surface area contributed by atoms with Gasteiger partial charge in [-0.05, 0) is 125 Å². The van der Waals surface area contributed by atoms with Gasteiger partial charge in [0.2, 0.25) is 0 Å². The SMILES string of the molecule is CC(C)C1=C2[C@H]3CC[C@@H]4[C@@]5(C)CC[C@@H](OC(=O)CC(C)(C)C(=O)O)C(C)(C)[C@@H]5CC[C@@]4(C)[C@]3(C)CC[C@@]2([C@@H](O)CN(CCN(C)C)Cc2cocn2)CC1=O. The van der Waals surface area contributed by atoms with Crippen molar-refractivity contribution in [1.82, 2.24) is 14.8 Å². The maximum absolute atomic E-state index is 14.2. The van der Waals surface area contributed by atoms with Crippen molar-refractivity contribution in [1.29, 1.82) is 0 Å². The van der Waals surface area contributed by atoms with Gasteiger partial charge < -0.3 is 24.3 Å². The lowest BCUT2D eigenvalue weighted by Gasteiger charge is -2.72. The van der Waals surface area contributed by atoms with Crippen LogP contribution in [0, 0.1) is 56.2 Å². The molecule has 55 heavy (non-hydrogen) atoms. The third-order valence-electron chi connectivity index (χ3n) is 16.7. The number of carboxylic acids is 1. The van der Waals surface area contributed by atoms with Crippen LogP contribution in [0.3, 0.4) is 0 Å². The largest absolute Gasteiger partial charge is 0.481 e. The monoisotopic (exact) mass is 766 g/mol. The van der Waals surface area contributed by atoms with Gasteiger partial charge in [-0.1, -0.05) is 54.0 Å². The molecule has 0 amide bonds. The molecule has 1 aromatic rings. The fourth-order valence-electron chi connectivity index (χ4n) is 13.5. The van der Waals surface area contributed by atoms with E-state index in [0.717, 1.165) is 75.7 Å². The second kappa shape index (κ2) is 14.7. The molecule has 0 radical (unpaired) electrons. The molecule has 9 atom stereocenters. The number of ketones is 1. The van der Waals surface area contributed by atoms with Gasteiger partial charge in [-0.2, -0.15) is 0 Å². The smallest absolute Gasteiger partial charge is 0.309 e. The molecule has 0 unspecified atom stereocenters. The Balaban J connectivity index is 1.28. The number of carbonyl (C=O) groups is 3. The van der Waals surface area contributed by atoms with Crippen LogP contribution in [0.1, 0.15) is 132 Å². The van der Waals surface area contributed by atoms with Crippen molar-refractivity contribution in [2.75, 3.05) is 33.7 Å². The number of Topliss-reactive ketones (excluding diaryl/α,β-unsaturated/α-hetero) is 1. The van der Waals surface area contributed by atoms with Crippen LogP contribution >= 0.6 is 0 Å². The average molecular weight is 766 g/mol. The van der Waals surface area contributed by atoms with Crippen molar-refractivity contribution in [3.63, 3.8) is 0 Å². The second-order valence-electron chi connectivity index (χ2n) is 21.1. The molecule has 1 heterocycles. The minimum absolute atomic E-state index is 0.0333. The van der Waals surface area contributed by atoms with E-state index in [1.165, 1.54) is 12.0 Å². The number of aliphatic carboxylic acids is 1. The number of likely N-dealkylation sites (N-methyl/N-ethyl adjacent to an activating group) is 1. The molecule has 308 valence electrons. The zero-order valence-corrected chi connectivity index (χ0v) is 35.8. The van der Waals surface area contributed by atoms with Gasteiger partial charge in [0.25, 0.3) is 0 Å². The Labute approximate surface area is 330 Å². The fourth-order valence-corrected chi connectivity index (χ4v) is 13.5. The molecule has 0 spiro atoms. The summed E-state index contributed by atoms with van der Waals surface area (Å²) in [7, 11) is 4.13. The summed E-state index contributed by atoms with van der Waals surface area (Å²) in [6, 6.07) is 0. The van der Waals surface area contributed by atoms with Gasteiger partial charge in [0, 0.05) is 43.4 Å². The number of hydrogen-bond donors (Lipinski definition) is 2. The number of rotatable bonds is 13. The lowest BCUT2D eigenvalue weighted by atomic mass is 9.33. The van der Waals surface area contributed by atoms with Gasteiger partial charge in [0.05, 0.1) is 23.6 Å². The van der Waals surface area contributed by atoms with Crippen molar-refractivity contribution in [3.8, 4) is 0 Å². The summed E-state index contributed by atoms with van der Waals surface area (Å²) < 4.78 is 11.5. The molecule has 5 aliphatic carbocycles. The van der Waals surface area contributed by atoms with Crippen LogP contribution in [-0.2, 0) is 25.7 Å². The van der Waals surface area contributed by atoms with E-state index in [0.29, 0.717) is 31.3 Å². The van der Waals surface area contributed by atoms with Crippen LogP contribution in [0.2, 0.25) is 0 Å². The highest BCUT2D eigenvalue weighted by Gasteiger charge is 2.71. The average Bonchev–Trinajstić information content (AvgIpc) is 3.70. The fraction of sp³-hybridized carbons (Fsp3) is 0.822. The van der Waals surface area contributed by atoms with E-state index in [9.17, 15) is 24.6 Å². The Morgan fingerprint density at radius 1 is 0.982 bits per heavy atom. The summed E-state index contributed by atoms with van der Waals surface area (Å²) in [4.78, 5) is 48.0. The summed E-state index contributed by atoms with van der Waals surface area (Å²) in [5.74, 6) is -0.0222. The molecule has 0 saturated heterocycles. The van der Waals surface area contributed by atoms with E-state index >= 15 is 0 Å². The number of ether oxygens (including phenoxy) is 1. The normalized spacial score (nSPS) is 36.4. The molecular weight excluding hydrogens is 695 g/mol. The van der Waals surface area contributed by atoms with Crippen LogP contribution in [0.5, 0.6) is 0 Å². The van der Waals surface area contributed by atoms with Crippen LogP contribution in [0.15, 0.2) is 28.2 Å². The van der Waals surface area contributed by atoms with Crippen molar-refractivity contribution in [3.05, 3.63) is 29.5 Å². The van der Waals surface area contributed by atoms with Gasteiger partial charge in [-0.15, -0.1) is 0 Å². The van der Waals surface area contributed by atoms with Crippen LogP contribution in [0.25, 0.3) is 0 Å². The first-order valence-corrected chi connectivity index (χ1v) is 21.2. The number of carbonyl (C=O) groups excluding carboxylic acids is 2. The lowest BCUT2D eigenvalue weighted by Crippen LogP contribution is -2.66. The van der Waals surface area contributed by atoms with E-state index in [1.54, 1.807) is 20.1 Å². The lowest BCUT2D eigenvalue weighted by molar-refractivity contribution is -0.235. The van der Waals surface area contributed by atoms with Gasteiger partial charge >= 0.3 is 11.9 Å². The second-order valence-corrected chi connectivity index (χ2v) is 21.1. The number of aliphatic hydroxyl groups is 1. The molecule has 0 bridgehead atoms. The first-order valence-electron chi connectivity index (χ1n) is 21.2. The third kappa shape index (κ3) is 6.96. The maximum Gasteiger partial charge on any atom is 0.309 e. The van der Waals surface area contributed by atoms with Gasteiger partial charge in [-0.3, -0.25) is 19.3 Å². The zero-order valence-electron chi connectivity index (χ0n) is 35.8. The Kier molecular flexibility index (Phi) is 11.2. The van der Waals surface area contributed by atoms with Crippen LogP contribution in [0.4, 0.5) is 0 Å². The van der Waals surface area contributed by atoms with E-state index in [4.69, 9.17) is 9.15 Å². The molecular formula is C45H71N3O7. The highest BCUT2D eigenvalue weighted by molar-refractivity contribution is 6.00. The summed E-state index contributed by atoms with van der Waals surface area (Å²) in [6.07, 6.45) is 10.2. The third-order valence-corrected chi connectivity index (χ3v) is 16.7. The summed E-state index contributed by atoms with van der Waals surface area (Å²) in [5, 5.41) is 22.2. The van der Waals surface area contributed by atoms with E-state index < -0.39 is 28.9 Å². The molecule has 5 aliphatic rings. The summed E-state index contributed by atoms with van der Waals surface area (Å²) >= 11 is 0. The zero-order chi connectivity index (χ0) is 40.5. The minimum atomic E-state index is -1.17. The Bertz CT molecular complexity index is 1650. The topological polar surface area (TPSA) is 133 Å². The molecule has 0 aliphatic heterocycles. The van der Waals surface area contributed by atoms with Gasteiger partial charge in [0.1, 0.15) is 12.4 Å². The molecule has 6 rings (SSSR count). The number of nitrogens with zero attached hydrogens (tertiary/aromatic N) is 3. The van der Waals surface area contributed by atoms with Crippen molar-refractivity contribution in [2.45, 2.75) is 145 Å². The van der Waals surface area contributed by atoms with Gasteiger partial charge in [-0.25, -0.2) is 4.98 Å². The number of aliphatic hydroxyl groups excluding tert-OH is 1. The number of allylic oxidation sites excluding steroid dienone is 1. The molecule has 2 N–H and O–H groups in total. The molecule has 0 aromatic carbocycles. The Morgan fingerprint density at radius 2 is 1.69 bits per heavy atom. The highest BCUT2D eigenvalue weighted by Crippen LogP contribution is 2.77.